The molecule has 5 nitrogen and oxygen atoms in total. The number of hydrogen-bond donors (Lipinski definition) is 1. The number of fused-ring (bicyclic) bond motifs is 2. The molecule has 172 valence electrons. The zero-order chi connectivity index (χ0) is 21.5. The second-order valence-corrected chi connectivity index (χ2v) is 11.0. The quantitative estimate of drug-likeness (QED) is 0.671. The first-order valence-electron chi connectivity index (χ1n) is 12.4. The minimum Gasteiger partial charge on any atom is -0.375 e. The van der Waals surface area contributed by atoms with Crippen LogP contribution in [0.1, 0.15) is 80.0 Å². The number of ether oxygens (including phenoxy) is 3. The van der Waals surface area contributed by atoms with Crippen molar-refractivity contribution in [1.29, 1.82) is 0 Å². The van der Waals surface area contributed by atoms with E-state index >= 15 is 0 Å². The molecule has 0 bridgehead atoms. The Labute approximate surface area is 194 Å². The van der Waals surface area contributed by atoms with Crippen LogP contribution in [0.2, 0.25) is 0 Å². The minimum atomic E-state index is -0.480. The normalized spacial score (nSPS) is 30.7. The fraction of sp³-hybridized carbons (Fsp3) is 0.654. The fourth-order valence-electron chi connectivity index (χ4n) is 6.73. The third-order valence-electron chi connectivity index (χ3n) is 8.30. The van der Waals surface area contributed by atoms with Gasteiger partial charge in [0.2, 0.25) is 5.79 Å². The van der Waals surface area contributed by atoms with Gasteiger partial charge in [-0.3, -0.25) is 4.98 Å². The van der Waals surface area contributed by atoms with Crippen molar-refractivity contribution in [3.05, 3.63) is 52.0 Å². The average Bonchev–Trinajstić information content (AvgIpc) is 3.59. The molecule has 0 amide bonds. The van der Waals surface area contributed by atoms with Crippen molar-refractivity contribution in [2.45, 2.75) is 80.6 Å². The van der Waals surface area contributed by atoms with E-state index < -0.39 is 5.79 Å². The molecule has 32 heavy (non-hydrogen) atoms. The third-order valence-corrected chi connectivity index (χ3v) is 9.35. The maximum atomic E-state index is 6.41. The average molecular weight is 455 g/mol. The largest absolute Gasteiger partial charge is 0.375 e. The van der Waals surface area contributed by atoms with Crippen molar-refractivity contribution in [1.82, 2.24) is 10.3 Å². The summed E-state index contributed by atoms with van der Waals surface area (Å²) in [6.45, 7) is 3.24. The summed E-state index contributed by atoms with van der Waals surface area (Å²) < 4.78 is 18.6. The third kappa shape index (κ3) is 3.64. The Morgan fingerprint density at radius 2 is 1.88 bits per heavy atom. The van der Waals surface area contributed by atoms with E-state index in [2.05, 4.69) is 28.9 Å². The summed E-state index contributed by atoms with van der Waals surface area (Å²) in [5.74, 6) is -0.480. The number of thiophene rings is 1. The summed E-state index contributed by atoms with van der Waals surface area (Å²) in [6.07, 6.45) is 12.2. The summed E-state index contributed by atoms with van der Waals surface area (Å²) in [5, 5.41) is 6.11. The van der Waals surface area contributed by atoms with Gasteiger partial charge in [-0.05, 0) is 74.2 Å². The Kier molecular flexibility index (Phi) is 5.63. The minimum absolute atomic E-state index is 0.0741. The van der Waals surface area contributed by atoms with E-state index in [0.29, 0.717) is 19.3 Å². The lowest BCUT2D eigenvalue weighted by Crippen LogP contribution is -2.47. The Bertz CT molecular complexity index is 920. The highest BCUT2D eigenvalue weighted by molar-refractivity contribution is 7.10. The molecule has 4 aliphatic rings. The molecule has 2 aliphatic carbocycles. The van der Waals surface area contributed by atoms with E-state index in [1.807, 2.05) is 12.3 Å². The van der Waals surface area contributed by atoms with Gasteiger partial charge in [-0.25, -0.2) is 0 Å². The molecule has 2 aromatic rings. The van der Waals surface area contributed by atoms with Gasteiger partial charge in [0.05, 0.1) is 23.7 Å². The highest BCUT2D eigenvalue weighted by Crippen LogP contribution is 2.51. The van der Waals surface area contributed by atoms with Crippen LogP contribution in [0.15, 0.2) is 35.8 Å². The molecule has 2 aromatic heterocycles. The summed E-state index contributed by atoms with van der Waals surface area (Å²) in [4.78, 5) is 6.13. The number of aromatic nitrogens is 1. The first-order chi connectivity index (χ1) is 15.7. The number of nitrogens with zero attached hydrogens (tertiary/aromatic N) is 1. The van der Waals surface area contributed by atoms with Gasteiger partial charge in [0, 0.05) is 36.4 Å². The van der Waals surface area contributed by atoms with Crippen molar-refractivity contribution in [2.75, 3.05) is 26.4 Å². The molecule has 2 aliphatic heterocycles. The van der Waals surface area contributed by atoms with Crippen LogP contribution in [0.3, 0.4) is 0 Å². The van der Waals surface area contributed by atoms with Gasteiger partial charge < -0.3 is 19.5 Å². The predicted molar refractivity (Wildman–Crippen MR) is 125 cm³/mol. The number of hydrogen-bond acceptors (Lipinski definition) is 6. The molecular formula is C26H34N2O3S. The molecule has 1 saturated carbocycles. The van der Waals surface area contributed by atoms with Crippen molar-refractivity contribution >= 4 is 11.3 Å². The van der Waals surface area contributed by atoms with Crippen molar-refractivity contribution in [2.24, 2.45) is 0 Å². The van der Waals surface area contributed by atoms with E-state index in [-0.39, 0.29) is 11.0 Å². The predicted octanol–water partition coefficient (Wildman–Crippen LogP) is 5.22. The molecule has 3 fully saturated rings. The highest BCUT2D eigenvalue weighted by atomic mass is 32.1. The zero-order valence-electron chi connectivity index (χ0n) is 18.8. The van der Waals surface area contributed by atoms with Crippen LogP contribution in [0.25, 0.3) is 0 Å². The highest BCUT2D eigenvalue weighted by Gasteiger charge is 2.49. The van der Waals surface area contributed by atoms with Crippen LogP contribution in [0, 0.1) is 0 Å². The number of rotatable bonds is 5. The Balaban J connectivity index is 1.19. The lowest BCUT2D eigenvalue weighted by atomic mass is 9.68. The fourth-order valence-corrected chi connectivity index (χ4v) is 7.83. The van der Waals surface area contributed by atoms with Gasteiger partial charge in [-0.1, -0.05) is 18.9 Å². The molecular weight excluding hydrogens is 420 g/mol. The Morgan fingerprint density at radius 1 is 1.00 bits per heavy atom. The summed E-state index contributed by atoms with van der Waals surface area (Å²) in [6, 6.07) is 9.05. The van der Waals surface area contributed by atoms with Crippen LogP contribution in [0.4, 0.5) is 0 Å². The standard InChI is InChI=1S/C26H34N2O3S/c1-4-13-28-22(5-1)24(12-15-29-25(19-24)8-2-3-9-25)11-14-27-21-6-10-26(30-16-17-31-26)23-20(21)7-18-32-23/h1,4-5,7,13,18,21,27H,2-3,6,8-12,14-17,19H2/t21-,24+/m0/s1. The van der Waals surface area contributed by atoms with E-state index in [4.69, 9.17) is 19.2 Å². The van der Waals surface area contributed by atoms with E-state index in [1.165, 1.54) is 41.8 Å². The second-order valence-electron chi connectivity index (χ2n) is 10.1. The second kappa shape index (κ2) is 8.48. The van der Waals surface area contributed by atoms with Crippen LogP contribution < -0.4 is 5.32 Å². The summed E-state index contributed by atoms with van der Waals surface area (Å²) >= 11 is 1.78. The molecule has 2 atom stereocenters. The Hall–Kier alpha value is -1.31. The SMILES string of the molecule is c1ccc([C@]2(CCN[C@H]3CCC4(OCCO4)c4sccc43)CCOC3(CCCC3)C2)nc1. The molecule has 6 heteroatoms. The van der Waals surface area contributed by atoms with E-state index in [9.17, 15) is 0 Å². The van der Waals surface area contributed by atoms with Crippen LogP contribution >= 0.6 is 11.3 Å². The van der Waals surface area contributed by atoms with Crippen LogP contribution in [-0.4, -0.2) is 37.0 Å². The van der Waals surface area contributed by atoms with Gasteiger partial charge >= 0.3 is 0 Å². The summed E-state index contributed by atoms with van der Waals surface area (Å²) in [7, 11) is 0. The lowest BCUT2D eigenvalue weighted by molar-refractivity contribution is -0.174. The van der Waals surface area contributed by atoms with Gasteiger partial charge in [0.1, 0.15) is 0 Å². The topological polar surface area (TPSA) is 52.6 Å². The molecule has 0 aromatic carbocycles. The van der Waals surface area contributed by atoms with Crippen LogP contribution in [0.5, 0.6) is 0 Å². The van der Waals surface area contributed by atoms with Crippen molar-refractivity contribution in [3.8, 4) is 0 Å². The van der Waals surface area contributed by atoms with Crippen molar-refractivity contribution in [3.63, 3.8) is 0 Å². The van der Waals surface area contributed by atoms with Gasteiger partial charge in [-0.15, -0.1) is 11.3 Å². The molecule has 4 heterocycles. The van der Waals surface area contributed by atoms with Gasteiger partial charge in [0.25, 0.3) is 0 Å². The number of nitrogens with one attached hydrogen (secondary N) is 1. The molecule has 0 radical (unpaired) electrons. The molecule has 6 rings (SSSR count). The monoisotopic (exact) mass is 454 g/mol. The summed E-state index contributed by atoms with van der Waals surface area (Å²) in [5.41, 5.74) is 2.80. The first-order valence-corrected chi connectivity index (χ1v) is 13.3. The Morgan fingerprint density at radius 3 is 2.69 bits per heavy atom. The first kappa shape index (κ1) is 21.2. The maximum absolute atomic E-state index is 6.41. The van der Waals surface area contributed by atoms with E-state index in [1.54, 1.807) is 11.3 Å². The lowest BCUT2D eigenvalue weighted by Gasteiger charge is -2.46. The number of pyridine rings is 1. The molecule has 2 saturated heterocycles. The van der Waals surface area contributed by atoms with Crippen LogP contribution in [-0.2, 0) is 25.4 Å². The molecule has 2 spiro atoms. The maximum Gasteiger partial charge on any atom is 0.204 e. The van der Waals surface area contributed by atoms with E-state index in [0.717, 1.165) is 45.3 Å². The molecule has 1 N–H and O–H groups in total. The van der Waals surface area contributed by atoms with Gasteiger partial charge in [0.15, 0.2) is 0 Å². The van der Waals surface area contributed by atoms with Crippen molar-refractivity contribution < 1.29 is 14.2 Å². The molecule has 0 unspecified atom stereocenters. The zero-order valence-corrected chi connectivity index (χ0v) is 19.6. The smallest absolute Gasteiger partial charge is 0.204 e. The van der Waals surface area contributed by atoms with Gasteiger partial charge in [-0.2, -0.15) is 0 Å².